The Labute approximate surface area is 121 Å². The number of amides is 1. The topological polar surface area (TPSA) is 84.3 Å². The maximum atomic E-state index is 11.4. The molecule has 6 nitrogen and oxygen atoms in total. The van der Waals surface area contributed by atoms with Gasteiger partial charge in [-0.15, -0.1) is 0 Å². The lowest BCUT2D eigenvalue weighted by Gasteiger charge is -2.08. The van der Waals surface area contributed by atoms with Gasteiger partial charge in [0.05, 0.1) is 4.92 Å². The number of nitrogens with one attached hydrogen (secondary N) is 2. The van der Waals surface area contributed by atoms with Crippen LogP contribution in [0.15, 0.2) is 48.5 Å². The predicted molar refractivity (Wildman–Crippen MR) is 80.3 cm³/mol. The highest BCUT2D eigenvalue weighted by Crippen LogP contribution is 2.19. The smallest absolute Gasteiger partial charge is 0.274 e. The van der Waals surface area contributed by atoms with Crippen molar-refractivity contribution in [2.75, 3.05) is 12.4 Å². The summed E-state index contributed by atoms with van der Waals surface area (Å²) in [4.78, 5) is 21.9. The normalized spacial score (nSPS) is 9.95. The van der Waals surface area contributed by atoms with Crippen molar-refractivity contribution in [2.24, 2.45) is 0 Å². The standard InChI is InChI=1S/C15H15N3O3/c1-16-15(19)11-6-8-13(9-7-11)17-10-12-4-2-3-5-14(12)18(20)21/h2-9,17H,10H2,1H3,(H,16,19). The molecule has 2 N–H and O–H groups in total. The minimum atomic E-state index is -0.397. The van der Waals surface area contributed by atoms with Crippen LogP contribution in [0.2, 0.25) is 0 Å². The van der Waals surface area contributed by atoms with Crippen molar-refractivity contribution in [1.82, 2.24) is 5.32 Å². The van der Waals surface area contributed by atoms with Crippen LogP contribution in [0.25, 0.3) is 0 Å². The molecular formula is C15H15N3O3. The molecule has 21 heavy (non-hydrogen) atoms. The third-order valence-corrected chi connectivity index (χ3v) is 3.05. The highest BCUT2D eigenvalue weighted by atomic mass is 16.6. The van der Waals surface area contributed by atoms with Crippen molar-refractivity contribution in [3.8, 4) is 0 Å². The van der Waals surface area contributed by atoms with Crippen LogP contribution in [0.5, 0.6) is 0 Å². The largest absolute Gasteiger partial charge is 0.381 e. The number of nitro groups is 1. The zero-order valence-corrected chi connectivity index (χ0v) is 11.5. The Morgan fingerprint density at radius 1 is 1.14 bits per heavy atom. The molecule has 2 aromatic carbocycles. The van der Waals surface area contributed by atoms with E-state index in [1.54, 1.807) is 49.5 Å². The molecular weight excluding hydrogens is 270 g/mol. The van der Waals surface area contributed by atoms with Gasteiger partial charge in [0.15, 0.2) is 0 Å². The molecule has 2 rings (SSSR count). The Bertz CT molecular complexity index is 653. The molecule has 0 bridgehead atoms. The second-order valence-corrected chi connectivity index (χ2v) is 4.40. The van der Waals surface area contributed by atoms with Gasteiger partial charge >= 0.3 is 0 Å². The van der Waals surface area contributed by atoms with Gasteiger partial charge in [-0.1, -0.05) is 18.2 Å². The summed E-state index contributed by atoms with van der Waals surface area (Å²) in [5.41, 5.74) is 2.06. The zero-order chi connectivity index (χ0) is 15.2. The summed E-state index contributed by atoms with van der Waals surface area (Å²) in [6, 6.07) is 13.5. The average molecular weight is 285 g/mol. The molecule has 6 heteroatoms. The molecule has 0 aliphatic rings. The number of rotatable bonds is 5. The van der Waals surface area contributed by atoms with Crippen molar-refractivity contribution < 1.29 is 9.72 Å². The molecule has 0 aliphatic heterocycles. The molecule has 0 heterocycles. The lowest BCUT2D eigenvalue weighted by atomic mass is 10.1. The van der Waals surface area contributed by atoms with Crippen LogP contribution in [-0.4, -0.2) is 17.9 Å². The fraction of sp³-hybridized carbons (Fsp3) is 0.133. The van der Waals surface area contributed by atoms with E-state index in [0.717, 1.165) is 5.69 Å². The summed E-state index contributed by atoms with van der Waals surface area (Å²) in [5, 5.41) is 16.6. The second-order valence-electron chi connectivity index (χ2n) is 4.40. The molecule has 0 fully saturated rings. The predicted octanol–water partition coefficient (Wildman–Crippen LogP) is 2.57. The molecule has 0 radical (unpaired) electrons. The molecule has 0 aliphatic carbocycles. The number of hydrogen-bond donors (Lipinski definition) is 2. The second kappa shape index (κ2) is 6.51. The minimum absolute atomic E-state index is 0.0898. The van der Waals surface area contributed by atoms with Gasteiger partial charge in [0, 0.05) is 36.5 Å². The third-order valence-electron chi connectivity index (χ3n) is 3.05. The van der Waals surface area contributed by atoms with E-state index in [0.29, 0.717) is 17.7 Å². The highest BCUT2D eigenvalue weighted by molar-refractivity contribution is 5.94. The van der Waals surface area contributed by atoms with Crippen molar-refractivity contribution >= 4 is 17.3 Å². The summed E-state index contributed by atoms with van der Waals surface area (Å²) >= 11 is 0. The first-order valence-electron chi connectivity index (χ1n) is 6.40. The number of carbonyl (C=O) groups is 1. The molecule has 0 saturated carbocycles. The first kappa shape index (κ1) is 14.5. The maximum Gasteiger partial charge on any atom is 0.274 e. The van der Waals surface area contributed by atoms with Gasteiger partial charge in [-0.05, 0) is 24.3 Å². The monoisotopic (exact) mass is 285 g/mol. The number of anilines is 1. The van der Waals surface area contributed by atoms with Gasteiger partial charge in [-0.25, -0.2) is 0 Å². The van der Waals surface area contributed by atoms with Crippen LogP contribution in [0.1, 0.15) is 15.9 Å². The van der Waals surface area contributed by atoms with Crippen LogP contribution in [0.4, 0.5) is 11.4 Å². The lowest BCUT2D eigenvalue weighted by molar-refractivity contribution is -0.385. The van der Waals surface area contributed by atoms with E-state index in [1.807, 2.05) is 0 Å². The third kappa shape index (κ3) is 3.56. The maximum absolute atomic E-state index is 11.4. The molecule has 0 saturated heterocycles. The minimum Gasteiger partial charge on any atom is -0.381 e. The summed E-state index contributed by atoms with van der Waals surface area (Å²) in [6.45, 7) is 0.344. The molecule has 0 unspecified atom stereocenters. The Morgan fingerprint density at radius 3 is 2.43 bits per heavy atom. The van der Waals surface area contributed by atoms with E-state index < -0.39 is 4.92 Å². The fourth-order valence-corrected chi connectivity index (χ4v) is 1.92. The lowest BCUT2D eigenvalue weighted by Crippen LogP contribution is -2.17. The van der Waals surface area contributed by atoms with Crippen LogP contribution in [-0.2, 0) is 6.54 Å². The molecule has 1 amide bonds. The van der Waals surface area contributed by atoms with Gasteiger partial charge in [0.1, 0.15) is 0 Å². The number of carbonyl (C=O) groups excluding carboxylic acids is 1. The molecule has 2 aromatic rings. The Morgan fingerprint density at radius 2 is 1.81 bits per heavy atom. The van der Waals surface area contributed by atoms with Crippen LogP contribution in [0, 0.1) is 10.1 Å². The molecule has 0 aromatic heterocycles. The Kier molecular flexibility index (Phi) is 4.50. The van der Waals surface area contributed by atoms with Gasteiger partial charge in [0.2, 0.25) is 0 Å². The van der Waals surface area contributed by atoms with E-state index in [1.165, 1.54) is 6.07 Å². The van der Waals surface area contributed by atoms with Gasteiger partial charge < -0.3 is 10.6 Å². The van der Waals surface area contributed by atoms with E-state index in [4.69, 9.17) is 0 Å². The van der Waals surface area contributed by atoms with Crippen LogP contribution >= 0.6 is 0 Å². The number of nitro benzene ring substituents is 1. The van der Waals surface area contributed by atoms with Gasteiger partial charge in [-0.2, -0.15) is 0 Å². The van der Waals surface area contributed by atoms with Crippen LogP contribution < -0.4 is 10.6 Å². The van der Waals surface area contributed by atoms with E-state index in [9.17, 15) is 14.9 Å². The molecule has 0 atom stereocenters. The van der Waals surface area contributed by atoms with Crippen molar-refractivity contribution in [1.29, 1.82) is 0 Å². The highest BCUT2D eigenvalue weighted by Gasteiger charge is 2.11. The van der Waals surface area contributed by atoms with Crippen LogP contribution in [0.3, 0.4) is 0 Å². The summed E-state index contributed by atoms with van der Waals surface area (Å²) < 4.78 is 0. The Balaban J connectivity index is 2.07. The first-order chi connectivity index (χ1) is 10.1. The van der Waals surface area contributed by atoms with Crippen molar-refractivity contribution in [3.63, 3.8) is 0 Å². The quantitative estimate of drug-likeness (QED) is 0.653. The SMILES string of the molecule is CNC(=O)c1ccc(NCc2ccccc2[N+](=O)[O-])cc1. The average Bonchev–Trinajstić information content (AvgIpc) is 2.52. The van der Waals surface area contributed by atoms with E-state index in [-0.39, 0.29) is 11.6 Å². The summed E-state index contributed by atoms with van der Waals surface area (Å²) in [6.07, 6.45) is 0. The summed E-state index contributed by atoms with van der Waals surface area (Å²) in [5.74, 6) is -0.153. The number of para-hydroxylation sites is 1. The summed E-state index contributed by atoms with van der Waals surface area (Å²) in [7, 11) is 1.57. The van der Waals surface area contributed by atoms with Crippen molar-refractivity contribution in [3.05, 3.63) is 69.8 Å². The number of hydrogen-bond acceptors (Lipinski definition) is 4. The fourth-order valence-electron chi connectivity index (χ4n) is 1.92. The Hall–Kier alpha value is -2.89. The zero-order valence-electron chi connectivity index (χ0n) is 11.5. The van der Waals surface area contributed by atoms with Crippen molar-refractivity contribution in [2.45, 2.75) is 6.54 Å². The van der Waals surface area contributed by atoms with Gasteiger partial charge in [-0.3, -0.25) is 14.9 Å². The number of nitrogens with zero attached hydrogens (tertiary/aromatic N) is 1. The van der Waals surface area contributed by atoms with Gasteiger partial charge in [0.25, 0.3) is 11.6 Å². The molecule has 108 valence electrons. The van der Waals surface area contributed by atoms with E-state index in [2.05, 4.69) is 10.6 Å². The van der Waals surface area contributed by atoms with E-state index >= 15 is 0 Å². The number of benzene rings is 2. The first-order valence-corrected chi connectivity index (χ1v) is 6.40. The molecule has 0 spiro atoms.